The molecule has 1 fully saturated rings. The van der Waals surface area contributed by atoms with Crippen LogP contribution in [0.2, 0.25) is 0 Å². The molecule has 4 nitrogen and oxygen atoms in total. The van der Waals surface area contributed by atoms with Gasteiger partial charge in [0.05, 0.1) is 4.90 Å². The first kappa shape index (κ1) is 13.7. The first-order valence-corrected chi connectivity index (χ1v) is 8.63. The number of hydrogen-bond acceptors (Lipinski definition) is 4. The van der Waals surface area contributed by atoms with Gasteiger partial charge in [-0.15, -0.1) is 0 Å². The predicted molar refractivity (Wildman–Crippen MR) is 76.7 cm³/mol. The van der Waals surface area contributed by atoms with Gasteiger partial charge in [0, 0.05) is 11.7 Å². The molecule has 100 valence electrons. The van der Waals surface area contributed by atoms with Crippen molar-refractivity contribution >= 4 is 27.5 Å². The standard InChI is InChI=1S/C12H18N2O2S2/c1-13-18(15,16)12-4-2-10(3-5-12)14-11-6-8-17-9-7-11/h2-5,11,13-14H,6-9H2,1H3. The predicted octanol–water partition coefficient (Wildman–Crippen LogP) is 1.90. The van der Waals surface area contributed by atoms with E-state index in [-0.39, 0.29) is 0 Å². The van der Waals surface area contributed by atoms with Crippen molar-refractivity contribution in [2.24, 2.45) is 0 Å². The third-order valence-electron chi connectivity index (χ3n) is 3.03. The first-order chi connectivity index (χ1) is 8.62. The van der Waals surface area contributed by atoms with E-state index < -0.39 is 10.0 Å². The smallest absolute Gasteiger partial charge is 0.240 e. The summed E-state index contributed by atoms with van der Waals surface area (Å²) >= 11 is 1.99. The number of thioether (sulfide) groups is 1. The van der Waals surface area contributed by atoms with Crippen LogP contribution in [0, 0.1) is 0 Å². The van der Waals surface area contributed by atoms with Gasteiger partial charge in [0.1, 0.15) is 0 Å². The maximum Gasteiger partial charge on any atom is 0.240 e. The number of rotatable bonds is 4. The van der Waals surface area contributed by atoms with Crippen LogP contribution in [0.5, 0.6) is 0 Å². The number of hydrogen-bond donors (Lipinski definition) is 2. The number of anilines is 1. The Kier molecular flexibility index (Phi) is 4.53. The van der Waals surface area contributed by atoms with Crippen LogP contribution in [-0.2, 0) is 10.0 Å². The maximum atomic E-state index is 11.6. The van der Waals surface area contributed by atoms with E-state index in [2.05, 4.69) is 10.0 Å². The van der Waals surface area contributed by atoms with Crippen molar-refractivity contribution in [1.82, 2.24) is 4.72 Å². The Morgan fingerprint density at radius 2 is 1.78 bits per heavy atom. The number of sulfonamides is 1. The lowest BCUT2D eigenvalue weighted by molar-refractivity contribution is 0.588. The topological polar surface area (TPSA) is 58.2 Å². The molecule has 1 saturated heterocycles. The Morgan fingerprint density at radius 1 is 1.17 bits per heavy atom. The highest BCUT2D eigenvalue weighted by Crippen LogP contribution is 2.21. The van der Waals surface area contributed by atoms with Crippen LogP contribution >= 0.6 is 11.8 Å². The normalized spacial score (nSPS) is 17.6. The summed E-state index contributed by atoms with van der Waals surface area (Å²) in [6, 6.07) is 7.42. The average Bonchev–Trinajstić information content (AvgIpc) is 2.40. The highest BCUT2D eigenvalue weighted by atomic mass is 32.2. The zero-order valence-electron chi connectivity index (χ0n) is 10.3. The molecule has 2 rings (SSSR count). The largest absolute Gasteiger partial charge is 0.382 e. The minimum Gasteiger partial charge on any atom is -0.382 e. The van der Waals surface area contributed by atoms with Gasteiger partial charge in [-0.25, -0.2) is 13.1 Å². The van der Waals surface area contributed by atoms with Crippen LogP contribution in [0.25, 0.3) is 0 Å². The van der Waals surface area contributed by atoms with E-state index in [1.54, 1.807) is 12.1 Å². The van der Waals surface area contributed by atoms with Crippen molar-refractivity contribution < 1.29 is 8.42 Å². The molecule has 1 aromatic carbocycles. The fourth-order valence-corrected chi connectivity index (χ4v) is 3.76. The van der Waals surface area contributed by atoms with Gasteiger partial charge < -0.3 is 5.32 Å². The summed E-state index contributed by atoms with van der Waals surface area (Å²) in [6.07, 6.45) is 2.34. The zero-order chi connectivity index (χ0) is 13.0. The molecule has 1 aliphatic heterocycles. The van der Waals surface area contributed by atoms with Crippen molar-refractivity contribution in [2.75, 3.05) is 23.9 Å². The molecule has 1 aromatic rings. The Hall–Kier alpha value is -0.720. The Balaban J connectivity index is 2.03. The Bertz CT molecular complexity index is 479. The molecule has 1 heterocycles. The molecule has 0 aliphatic carbocycles. The van der Waals surface area contributed by atoms with E-state index in [4.69, 9.17) is 0 Å². The SMILES string of the molecule is CNS(=O)(=O)c1ccc(NC2CCSCC2)cc1. The van der Waals surface area contributed by atoms with Gasteiger partial charge in [0.25, 0.3) is 0 Å². The van der Waals surface area contributed by atoms with E-state index in [9.17, 15) is 8.42 Å². The highest BCUT2D eigenvalue weighted by molar-refractivity contribution is 7.99. The molecule has 0 aromatic heterocycles. The summed E-state index contributed by atoms with van der Waals surface area (Å²) in [7, 11) is -1.91. The van der Waals surface area contributed by atoms with Crippen molar-refractivity contribution in [2.45, 2.75) is 23.8 Å². The third-order valence-corrected chi connectivity index (χ3v) is 5.50. The molecule has 6 heteroatoms. The molecule has 0 unspecified atom stereocenters. The van der Waals surface area contributed by atoms with Crippen molar-refractivity contribution in [3.63, 3.8) is 0 Å². The van der Waals surface area contributed by atoms with Crippen molar-refractivity contribution in [3.05, 3.63) is 24.3 Å². The molecular formula is C12H18N2O2S2. The van der Waals surface area contributed by atoms with Gasteiger partial charge in [0.2, 0.25) is 10.0 Å². The lowest BCUT2D eigenvalue weighted by atomic mass is 10.1. The molecule has 0 saturated carbocycles. The van der Waals surface area contributed by atoms with Crippen LogP contribution < -0.4 is 10.0 Å². The van der Waals surface area contributed by atoms with E-state index in [0.29, 0.717) is 10.9 Å². The lowest BCUT2D eigenvalue weighted by Crippen LogP contribution is -2.24. The molecule has 2 N–H and O–H groups in total. The second-order valence-corrected chi connectivity index (χ2v) is 7.37. The van der Waals surface area contributed by atoms with E-state index in [0.717, 1.165) is 5.69 Å². The third kappa shape index (κ3) is 3.40. The van der Waals surface area contributed by atoms with E-state index >= 15 is 0 Å². The average molecular weight is 286 g/mol. The van der Waals surface area contributed by atoms with E-state index in [1.807, 2.05) is 23.9 Å². The zero-order valence-corrected chi connectivity index (χ0v) is 12.0. The van der Waals surface area contributed by atoms with Crippen LogP contribution in [0.3, 0.4) is 0 Å². The molecule has 0 amide bonds. The van der Waals surface area contributed by atoms with E-state index in [1.165, 1.54) is 31.4 Å². The summed E-state index contributed by atoms with van der Waals surface area (Å²) in [5, 5.41) is 3.45. The number of benzene rings is 1. The molecule has 0 atom stereocenters. The van der Waals surface area contributed by atoms with Crippen LogP contribution in [0.15, 0.2) is 29.2 Å². The quantitative estimate of drug-likeness (QED) is 0.887. The Labute approximate surface area is 113 Å². The first-order valence-electron chi connectivity index (χ1n) is 6.00. The van der Waals surface area contributed by atoms with Crippen LogP contribution in [-0.4, -0.2) is 33.0 Å². The van der Waals surface area contributed by atoms with Crippen molar-refractivity contribution in [3.8, 4) is 0 Å². The molecule has 0 spiro atoms. The van der Waals surface area contributed by atoms with Gasteiger partial charge in [-0.3, -0.25) is 0 Å². The maximum absolute atomic E-state index is 11.6. The fraction of sp³-hybridized carbons (Fsp3) is 0.500. The molecule has 1 aliphatic rings. The Morgan fingerprint density at radius 3 is 2.33 bits per heavy atom. The molecule has 0 radical (unpaired) electrons. The number of nitrogens with one attached hydrogen (secondary N) is 2. The van der Waals surface area contributed by atoms with Gasteiger partial charge in [-0.2, -0.15) is 11.8 Å². The summed E-state index contributed by atoms with van der Waals surface area (Å²) < 4.78 is 25.4. The molecule has 18 heavy (non-hydrogen) atoms. The second-order valence-electron chi connectivity index (χ2n) is 4.26. The minimum atomic E-state index is -3.33. The summed E-state index contributed by atoms with van der Waals surface area (Å²) in [5.41, 5.74) is 0.988. The van der Waals surface area contributed by atoms with Gasteiger partial charge in [0.15, 0.2) is 0 Å². The highest BCUT2D eigenvalue weighted by Gasteiger charge is 2.14. The summed E-state index contributed by atoms with van der Waals surface area (Å²) in [4.78, 5) is 0.301. The van der Waals surface area contributed by atoms with Crippen LogP contribution in [0.1, 0.15) is 12.8 Å². The van der Waals surface area contributed by atoms with Gasteiger partial charge in [-0.1, -0.05) is 0 Å². The molecular weight excluding hydrogens is 268 g/mol. The fourth-order valence-electron chi connectivity index (χ4n) is 1.93. The lowest BCUT2D eigenvalue weighted by Gasteiger charge is -2.23. The monoisotopic (exact) mass is 286 g/mol. The minimum absolute atomic E-state index is 0.301. The van der Waals surface area contributed by atoms with Gasteiger partial charge >= 0.3 is 0 Å². The second kappa shape index (κ2) is 5.95. The van der Waals surface area contributed by atoms with Gasteiger partial charge in [-0.05, 0) is 55.7 Å². The van der Waals surface area contributed by atoms with Crippen LogP contribution in [0.4, 0.5) is 5.69 Å². The summed E-state index contributed by atoms with van der Waals surface area (Å²) in [6.45, 7) is 0. The summed E-state index contributed by atoms with van der Waals surface area (Å²) in [5.74, 6) is 2.40. The van der Waals surface area contributed by atoms with Crippen molar-refractivity contribution in [1.29, 1.82) is 0 Å². The molecule has 0 bridgehead atoms.